The molecule has 144 valence electrons. The summed E-state index contributed by atoms with van der Waals surface area (Å²) in [6.45, 7) is 4.33. The van der Waals surface area contributed by atoms with Crippen molar-refractivity contribution in [2.45, 2.75) is 19.9 Å². The molecule has 0 saturated carbocycles. The first-order valence-corrected chi connectivity index (χ1v) is 9.49. The number of carbonyl (C=O) groups is 1. The molecule has 28 heavy (non-hydrogen) atoms. The minimum Gasteiger partial charge on any atom is -0.378 e. The van der Waals surface area contributed by atoms with Crippen LogP contribution in [0.5, 0.6) is 0 Å². The molecule has 0 bridgehead atoms. The highest BCUT2D eigenvalue weighted by Gasteiger charge is 2.13. The van der Waals surface area contributed by atoms with Crippen LogP contribution in [0, 0.1) is 0 Å². The zero-order valence-electron chi connectivity index (χ0n) is 16.9. The van der Waals surface area contributed by atoms with E-state index < -0.39 is 0 Å². The predicted molar refractivity (Wildman–Crippen MR) is 119 cm³/mol. The number of anilines is 4. The van der Waals surface area contributed by atoms with Gasteiger partial charge in [-0.3, -0.25) is 4.79 Å². The fraction of sp³-hybridized carbons (Fsp3) is 0.208. The molecule has 0 fully saturated rings. The third kappa shape index (κ3) is 4.52. The Hall–Kier alpha value is -3.27. The maximum Gasteiger partial charge on any atom is 0.255 e. The molecule has 0 unspecified atom stereocenters. The monoisotopic (exact) mass is 373 g/mol. The SMILES string of the molecule is CC(C)N(c1ccccc1)c1ccc(NC(=O)c2cccc(N(C)C)c2)cc1. The maximum absolute atomic E-state index is 12.6. The molecule has 0 atom stereocenters. The van der Waals surface area contributed by atoms with E-state index >= 15 is 0 Å². The van der Waals surface area contributed by atoms with Gasteiger partial charge >= 0.3 is 0 Å². The number of para-hydroxylation sites is 1. The van der Waals surface area contributed by atoms with Crippen LogP contribution >= 0.6 is 0 Å². The maximum atomic E-state index is 12.6. The minimum atomic E-state index is -0.111. The molecule has 3 aromatic carbocycles. The summed E-state index contributed by atoms with van der Waals surface area (Å²) in [5, 5.41) is 2.98. The van der Waals surface area contributed by atoms with Gasteiger partial charge in [0.1, 0.15) is 0 Å². The number of amides is 1. The van der Waals surface area contributed by atoms with Crippen LogP contribution in [0.1, 0.15) is 24.2 Å². The third-order valence-electron chi connectivity index (χ3n) is 4.58. The molecular weight excluding hydrogens is 346 g/mol. The van der Waals surface area contributed by atoms with E-state index in [9.17, 15) is 4.79 Å². The second-order valence-electron chi connectivity index (χ2n) is 7.25. The Balaban J connectivity index is 1.77. The zero-order chi connectivity index (χ0) is 20.1. The van der Waals surface area contributed by atoms with Gasteiger partial charge < -0.3 is 15.1 Å². The van der Waals surface area contributed by atoms with Crippen molar-refractivity contribution in [3.05, 3.63) is 84.4 Å². The third-order valence-corrected chi connectivity index (χ3v) is 4.58. The van der Waals surface area contributed by atoms with E-state index in [4.69, 9.17) is 0 Å². The van der Waals surface area contributed by atoms with Crippen LogP contribution in [0.15, 0.2) is 78.9 Å². The highest BCUT2D eigenvalue weighted by molar-refractivity contribution is 6.04. The van der Waals surface area contributed by atoms with Crippen LogP contribution in [0.4, 0.5) is 22.7 Å². The Morgan fingerprint density at radius 3 is 2.00 bits per heavy atom. The Morgan fingerprint density at radius 2 is 1.39 bits per heavy atom. The molecule has 0 aliphatic rings. The molecule has 4 nitrogen and oxygen atoms in total. The largest absolute Gasteiger partial charge is 0.378 e. The Bertz CT molecular complexity index is 918. The summed E-state index contributed by atoms with van der Waals surface area (Å²) in [4.78, 5) is 16.8. The van der Waals surface area contributed by atoms with Gasteiger partial charge in [-0.05, 0) is 68.4 Å². The average Bonchev–Trinajstić information content (AvgIpc) is 2.70. The summed E-state index contributed by atoms with van der Waals surface area (Å²) in [5.74, 6) is -0.111. The average molecular weight is 374 g/mol. The molecule has 4 heteroatoms. The van der Waals surface area contributed by atoms with Gasteiger partial charge in [-0.2, -0.15) is 0 Å². The first kappa shape index (κ1) is 19.5. The van der Waals surface area contributed by atoms with Crippen molar-refractivity contribution in [3.63, 3.8) is 0 Å². The highest BCUT2D eigenvalue weighted by Crippen LogP contribution is 2.28. The lowest BCUT2D eigenvalue weighted by molar-refractivity contribution is 0.102. The van der Waals surface area contributed by atoms with E-state index in [1.165, 1.54) is 0 Å². The van der Waals surface area contributed by atoms with E-state index in [1.807, 2.05) is 85.7 Å². The molecular formula is C24H27N3O. The van der Waals surface area contributed by atoms with Crippen LogP contribution in [-0.2, 0) is 0 Å². The normalized spacial score (nSPS) is 10.6. The Labute approximate surface area is 167 Å². The molecule has 0 radical (unpaired) electrons. The van der Waals surface area contributed by atoms with E-state index in [0.717, 1.165) is 22.7 Å². The van der Waals surface area contributed by atoms with Crippen molar-refractivity contribution in [1.82, 2.24) is 0 Å². The van der Waals surface area contributed by atoms with Gasteiger partial charge in [0.25, 0.3) is 5.91 Å². The van der Waals surface area contributed by atoms with Gasteiger partial charge in [0.15, 0.2) is 0 Å². The minimum absolute atomic E-state index is 0.111. The molecule has 0 aliphatic heterocycles. The van der Waals surface area contributed by atoms with Crippen LogP contribution < -0.4 is 15.1 Å². The van der Waals surface area contributed by atoms with Gasteiger partial charge in [-0.1, -0.05) is 24.3 Å². The lowest BCUT2D eigenvalue weighted by atomic mass is 10.1. The van der Waals surface area contributed by atoms with Gasteiger partial charge in [-0.25, -0.2) is 0 Å². The Morgan fingerprint density at radius 1 is 0.786 bits per heavy atom. The second-order valence-corrected chi connectivity index (χ2v) is 7.25. The second kappa shape index (κ2) is 8.61. The molecule has 3 aromatic rings. The fourth-order valence-electron chi connectivity index (χ4n) is 3.17. The Kier molecular flexibility index (Phi) is 5.99. The first-order valence-electron chi connectivity index (χ1n) is 9.49. The molecule has 1 amide bonds. The van der Waals surface area contributed by atoms with Crippen molar-refractivity contribution in [2.75, 3.05) is 29.2 Å². The van der Waals surface area contributed by atoms with E-state index in [2.05, 4.69) is 36.2 Å². The van der Waals surface area contributed by atoms with Crippen LogP contribution in [0.25, 0.3) is 0 Å². The number of nitrogens with one attached hydrogen (secondary N) is 1. The van der Waals surface area contributed by atoms with Gasteiger partial charge in [0, 0.05) is 48.5 Å². The van der Waals surface area contributed by atoms with Gasteiger partial charge in [0.05, 0.1) is 0 Å². The van der Waals surface area contributed by atoms with Crippen molar-refractivity contribution in [1.29, 1.82) is 0 Å². The summed E-state index contributed by atoms with van der Waals surface area (Å²) in [6.07, 6.45) is 0. The number of hydrogen-bond donors (Lipinski definition) is 1. The van der Waals surface area contributed by atoms with E-state index in [0.29, 0.717) is 11.6 Å². The summed E-state index contributed by atoms with van der Waals surface area (Å²) in [6, 6.07) is 26.2. The van der Waals surface area contributed by atoms with Crippen molar-refractivity contribution in [2.24, 2.45) is 0 Å². The number of nitrogens with zero attached hydrogens (tertiary/aromatic N) is 2. The van der Waals surface area contributed by atoms with Crippen LogP contribution in [0.2, 0.25) is 0 Å². The molecule has 0 spiro atoms. The zero-order valence-corrected chi connectivity index (χ0v) is 16.9. The predicted octanol–water partition coefficient (Wildman–Crippen LogP) is 5.55. The number of carbonyl (C=O) groups excluding carboxylic acids is 1. The van der Waals surface area contributed by atoms with Gasteiger partial charge in [0.2, 0.25) is 0 Å². The lowest BCUT2D eigenvalue weighted by Gasteiger charge is -2.29. The number of hydrogen-bond acceptors (Lipinski definition) is 3. The highest BCUT2D eigenvalue weighted by atomic mass is 16.1. The topological polar surface area (TPSA) is 35.6 Å². The summed E-state index contributed by atoms with van der Waals surface area (Å²) < 4.78 is 0. The van der Waals surface area contributed by atoms with Crippen LogP contribution in [-0.4, -0.2) is 26.0 Å². The number of rotatable bonds is 6. The summed E-state index contributed by atoms with van der Waals surface area (Å²) in [7, 11) is 3.92. The van der Waals surface area contributed by atoms with Crippen molar-refractivity contribution >= 4 is 28.7 Å². The standard InChI is InChI=1S/C24H27N3O/c1-18(2)27(21-10-6-5-7-11-21)22-15-13-20(14-16-22)25-24(28)19-9-8-12-23(17-19)26(3)4/h5-18H,1-4H3,(H,25,28). The van der Waals surface area contributed by atoms with Gasteiger partial charge in [-0.15, -0.1) is 0 Å². The van der Waals surface area contributed by atoms with E-state index in [1.54, 1.807) is 0 Å². The summed E-state index contributed by atoms with van der Waals surface area (Å²) in [5.41, 5.74) is 4.66. The molecule has 0 aliphatic carbocycles. The number of benzene rings is 3. The summed E-state index contributed by atoms with van der Waals surface area (Å²) >= 11 is 0. The lowest BCUT2D eigenvalue weighted by Crippen LogP contribution is -2.25. The quantitative estimate of drug-likeness (QED) is 0.615. The first-order chi connectivity index (χ1) is 13.5. The molecule has 0 saturated heterocycles. The molecule has 0 heterocycles. The van der Waals surface area contributed by atoms with Crippen molar-refractivity contribution in [3.8, 4) is 0 Å². The van der Waals surface area contributed by atoms with Crippen LogP contribution in [0.3, 0.4) is 0 Å². The fourth-order valence-corrected chi connectivity index (χ4v) is 3.17. The van der Waals surface area contributed by atoms with E-state index in [-0.39, 0.29) is 5.91 Å². The smallest absolute Gasteiger partial charge is 0.255 e. The molecule has 0 aromatic heterocycles. The molecule has 1 N–H and O–H groups in total. The van der Waals surface area contributed by atoms with Crippen molar-refractivity contribution < 1.29 is 4.79 Å². The molecule has 3 rings (SSSR count).